The molecule has 0 amide bonds. The second kappa shape index (κ2) is 6.81. The number of nitrogens with zero attached hydrogens (tertiary/aromatic N) is 8. The number of anilines is 1. The Labute approximate surface area is 177 Å². The van der Waals surface area contributed by atoms with Gasteiger partial charge in [-0.15, -0.1) is 5.10 Å². The average molecular weight is 407 g/mol. The maximum Gasteiger partial charge on any atom is 0.219 e. The first kappa shape index (κ1) is 18.6. The molecule has 9 heteroatoms. The lowest BCUT2D eigenvalue weighted by Gasteiger charge is -2.14. The van der Waals surface area contributed by atoms with Gasteiger partial charge in [-0.05, 0) is 43.7 Å². The Kier molecular flexibility index (Phi) is 4.08. The maximum atomic E-state index is 9.36. The van der Waals surface area contributed by atoms with Gasteiger partial charge in [-0.2, -0.15) is 5.26 Å². The summed E-state index contributed by atoms with van der Waals surface area (Å²) < 4.78 is 1.73. The van der Waals surface area contributed by atoms with E-state index in [2.05, 4.69) is 36.3 Å². The molecule has 0 radical (unpaired) electrons. The van der Waals surface area contributed by atoms with Crippen LogP contribution < -0.4 is 5.73 Å². The SMILES string of the molecule is CC(C)(C#N)c1ccc(-n2nnc3cnc4ccc(-c5cnc(N)nc5)cc4c32)cn1. The van der Waals surface area contributed by atoms with E-state index >= 15 is 0 Å². The van der Waals surface area contributed by atoms with Crippen LogP contribution in [0.3, 0.4) is 0 Å². The van der Waals surface area contributed by atoms with Crippen LogP contribution in [0, 0.1) is 11.3 Å². The summed E-state index contributed by atoms with van der Waals surface area (Å²) in [5.41, 5.74) is 10.4. The van der Waals surface area contributed by atoms with Crippen molar-refractivity contribution in [3.8, 4) is 22.9 Å². The van der Waals surface area contributed by atoms with Crippen molar-refractivity contribution in [1.29, 1.82) is 5.26 Å². The van der Waals surface area contributed by atoms with Crippen molar-refractivity contribution in [3.05, 3.63) is 60.8 Å². The average Bonchev–Trinajstić information content (AvgIpc) is 3.24. The molecule has 0 fully saturated rings. The van der Waals surface area contributed by atoms with Gasteiger partial charge in [-0.1, -0.05) is 11.3 Å². The fraction of sp³-hybridized carbons (Fsp3) is 0.136. The highest BCUT2D eigenvalue weighted by Crippen LogP contribution is 2.29. The Morgan fingerprint density at radius 3 is 2.42 bits per heavy atom. The van der Waals surface area contributed by atoms with Crippen LogP contribution in [0.2, 0.25) is 0 Å². The third-order valence-corrected chi connectivity index (χ3v) is 5.19. The highest BCUT2D eigenvalue weighted by Gasteiger charge is 2.21. The zero-order valence-electron chi connectivity index (χ0n) is 16.9. The number of nitrogens with two attached hydrogens (primary N) is 1. The summed E-state index contributed by atoms with van der Waals surface area (Å²) in [5.74, 6) is 0.228. The molecule has 150 valence electrons. The first-order valence-corrected chi connectivity index (χ1v) is 9.56. The molecule has 0 unspecified atom stereocenters. The van der Waals surface area contributed by atoms with Crippen molar-refractivity contribution >= 4 is 27.9 Å². The first-order chi connectivity index (χ1) is 15.0. The van der Waals surface area contributed by atoms with E-state index in [1.165, 1.54) is 0 Å². The molecule has 0 aliphatic heterocycles. The summed E-state index contributed by atoms with van der Waals surface area (Å²) in [6.07, 6.45) is 6.78. The lowest BCUT2D eigenvalue weighted by molar-refractivity contribution is 0.658. The number of nitriles is 1. The lowest BCUT2D eigenvalue weighted by Crippen LogP contribution is -2.16. The van der Waals surface area contributed by atoms with Gasteiger partial charge in [0, 0.05) is 23.3 Å². The van der Waals surface area contributed by atoms with E-state index in [1.54, 1.807) is 29.5 Å². The Hall–Kier alpha value is -4.45. The summed E-state index contributed by atoms with van der Waals surface area (Å²) >= 11 is 0. The van der Waals surface area contributed by atoms with Crippen molar-refractivity contribution in [2.75, 3.05) is 5.73 Å². The number of nitrogen functional groups attached to an aromatic ring is 1. The molecular weight excluding hydrogens is 390 g/mol. The Morgan fingerprint density at radius 2 is 1.71 bits per heavy atom. The van der Waals surface area contributed by atoms with E-state index in [4.69, 9.17) is 5.73 Å². The van der Waals surface area contributed by atoms with E-state index in [1.807, 2.05) is 44.2 Å². The molecule has 2 N–H and O–H groups in total. The second-order valence-electron chi connectivity index (χ2n) is 7.69. The van der Waals surface area contributed by atoms with Crippen LogP contribution in [0.4, 0.5) is 5.95 Å². The zero-order valence-corrected chi connectivity index (χ0v) is 16.9. The molecule has 31 heavy (non-hydrogen) atoms. The second-order valence-corrected chi connectivity index (χ2v) is 7.69. The number of aromatic nitrogens is 7. The van der Waals surface area contributed by atoms with E-state index in [-0.39, 0.29) is 5.95 Å². The number of hydrogen-bond acceptors (Lipinski definition) is 8. The topological polar surface area (TPSA) is 132 Å². The van der Waals surface area contributed by atoms with Crippen LogP contribution in [-0.2, 0) is 5.41 Å². The van der Waals surface area contributed by atoms with Gasteiger partial charge in [0.2, 0.25) is 5.95 Å². The zero-order chi connectivity index (χ0) is 21.6. The molecule has 4 heterocycles. The van der Waals surface area contributed by atoms with Gasteiger partial charge >= 0.3 is 0 Å². The van der Waals surface area contributed by atoms with E-state index in [0.29, 0.717) is 11.2 Å². The molecule has 0 atom stereocenters. The van der Waals surface area contributed by atoms with Crippen molar-refractivity contribution in [2.24, 2.45) is 0 Å². The Morgan fingerprint density at radius 1 is 0.903 bits per heavy atom. The fourth-order valence-corrected chi connectivity index (χ4v) is 3.39. The Balaban J connectivity index is 1.68. The van der Waals surface area contributed by atoms with Crippen LogP contribution >= 0.6 is 0 Å². The van der Waals surface area contributed by atoms with Crippen LogP contribution in [0.5, 0.6) is 0 Å². The smallest absolute Gasteiger partial charge is 0.219 e. The molecule has 5 rings (SSSR count). The Bertz CT molecular complexity index is 1460. The normalized spacial score (nSPS) is 11.6. The van der Waals surface area contributed by atoms with Gasteiger partial charge in [0.05, 0.1) is 40.8 Å². The largest absolute Gasteiger partial charge is 0.368 e. The molecule has 0 saturated carbocycles. The molecule has 9 nitrogen and oxygen atoms in total. The van der Waals surface area contributed by atoms with E-state index < -0.39 is 5.41 Å². The predicted molar refractivity (Wildman–Crippen MR) is 116 cm³/mol. The number of hydrogen-bond donors (Lipinski definition) is 1. The number of fused-ring (bicyclic) bond motifs is 3. The van der Waals surface area contributed by atoms with Gasteiger partial charge in [0.1, 0.15) is 11.0 Å². The first-order valence-electron chi connectivity index (χ1n) is 9.56. The van der Waals surface area contributed by atoms with Crippen molar-refractivity contribution in [1.82, 2.24) is 34.9 Å². The van der Waals surface area contributed by atoms with E-state index in [0.717, 1.165) is 33.2 Å². The van der Waals surface area contributed by atoms with Gasteiger partial charge in [0.15, 0.2) is 0 Å². The standard InChI is InChI=1S/C22H17N9/c1-22(2,12-23)19-6-4-15(10-26-19)31-20-16-7-13(14-8-27-21(24)28-9-14)3-5-17(16)25-11-18(20)29-30-31/h3-11H,1-2H3,(H2,24,27,28). The van der Waals surface area contributed by atoms with Crippen LogP contribution in [-0.4, -0.2) is 34.9 Å². The summed E-state index contributed by atoms with van der Waals surface area (Å²) in [7, 11) is 0. The third kappa shape index (κ3) is 3.11. The number of benzene rings is 1. The minimum atomic E-state index is -0.671. The molecule has 5 aromatic rings. The highest BCUT2D eigenvalue weighted by atomic mass is 15.4. The van der Waals surface area contributed by atoms with Gasteiger partial charge in [-0.25, -0.2) is 14.6 Å². The summed E-state index contributed by atoms with van der Waals surface area (Å²) in [6.45, 7) is 3.67. The molecular formula is C22H17N9. The van der Waals surface area contributed by atoms with Gasteiger partial charge in [-0.3, -0.25) is 9.97 Å². The van der Waals surface area contributed by atoms with Crippen LogP contribution in [0.1, 0.15) is 19.5 Å². The van der Waals surface area contributed by atoms with Crippen LogP contribution in [0.15, 0.2) is 55.1 Å². The van der Waals surface area contributed by atoms with Gasteiger partial charge in [0.25, 0.3) is 0 Å². The molecule has 0 bridgehead atoms. The van der Waals surface area contributed by atoms with Crippen molar-refractivity contribution in [2.45, 2.75) is 19.3 Å². The fourth-order valence-electron chi connectivity index (χ4n) is 3.39. The molecule has 0 saturated heterocycles. The highest BCUT2D eigenvalue weighted by molar-refractivity contribution is 6.03. The monoisotopic (exact) mass is 407 g/mol. The lowest BCUT2D eigenvalue weighted by atomic mass is 9.91. The minimum Gasteiger partial charge on any atom is -0.368 e. The number of rotatable bonds is 3. The summed E-state index contributed by atoms with van der Waals surface area (Å²) in [6, 6.07) is 11.9. The summed E-state index contributed by atoms with van der Waals surface area (Å²) in [4.78, 5) is 17.1. The predicted octanol–water partition coefficient (Wildman–Crippen LogP) is 3.20. The van der Waals surface area contributed by atoms with Crippen molar-refractivity contribution < 1.29 is 0 Å². The van der Waals surface area contributed by atoms with Crippen LogP contribution in [0.25, 0.3) is 38.8 Å². The minimum absolute atomic E-state index is 0.228. The third-order valence-electron chi connectivity index (χ3n) is 5.19. The summed E-state index contributed by atoms with van der Waals surface area (Å²) in [5, 5.41) is 18.8. The molecule has 0 aliphatic rings. The van der Waals surface area contributed by atoms with Gasteiger partial charge < -0.3 is 5.73 Å². The molecule has 1 aromatic carbocycles. The van der Waals surface area contributed by atoms with Crippen molar-refractivity contribution in [3.63, 3.8) is 0 Å². The number of pyridine rings is 2. The quantitative estimate of drug-likeness (QED) is 0.482. The van der Waals surface area contributed by atoms with E-state index in [9.17, 15) is 5.26 Å². The molecule has 0 aliphatic carbocycles. The molecule has 0 spiro atoms. The maximum absolute atomic E-state index is 9.36. The molecule has 4 aromatic heterocycles.